The molecule has 3 heterocycles. The van der Waals surface area contributed by atoms with Gasteiger partial charge in [-0.3, -0.25) is 0 Å². The van der Waals surface area contributed by atoms with Gasteiger partial charge in [0.05, 0.1) is 19.8 Å². The van der Waals surface area contributed by atoms with Crippen molar-refractivity contribution < 1.29 is 64.2 Å². The van der Waals surface area contributed by atoms with E-state index < -0.39 is 73.8 Å². The van der Waals surface area contributed by atoms with Gasteiger partial charge in [-0.1, -0.05) is 90.4 Å². The minimum Gasteiger partial charge on any atom is -0.388 e. The van der Waals surface area contributed by atoms with Gasteiger partial charge in [0.15, 0.2) is 18.9 Å². The zero-order valence-electron chi connectivity index (χ0n) is 26.2. The van der Waals surface area contributed by atoms with Crippen LogP contribution in [0.1, 0.15) is 96.8 Å². The monoisotopic (exact) mass is 638 g/mol. The van der Waals surface area contributed by atoms with Gasteiger partial charge in [0.25, 0.3) is 0 Å². The number of rotatable bonds is 20. The van der Waals surface area contributed by atoms with Gasteiger partial charge in [-0.2, -0.15) is 0 Å². The number of aliphatic hydroxyl groups is 7. The van der Waals surface area contributed by atoms with E-state index in [2.05, 4.69) is 6.92 Å². The molecule has 44 heavy (non-hydrogen) atoms. The van der Waals surface area contributed by atoms with Crippen LogP contribution in [0, 0.1) is 0 Å². The quantitative estimate of drug-likeness (QED) is 0.0928. The van der Waals surface area contributed by atoms with Gasteiger partial charge < -0.3 is 64.2 Å². The Labute approximate surface area is 261 Å². The fraction of sp³-hybridized carbons (Fsp3) is 1.00. The van der Waals surface area contributed by atoms with Gasteiger partial charge in [0, 0.05) is 6.61 Å². The van der Waals surface area contributed by atoms with Crippen molar-refractivity contribution in [3.63, 3.8) is 0 Å². The Hall–Kier alpha value is -0.520. The van der Waals surface area contributed by atoms with Crippen molar-refractivity contribution >= 4 is 0 Å². The molecule has 260 valence electrons. The Morgan fingerprint density at radius 1 is 0.455 bits per heavy atom. The van der Waals surface area contributed by atoms with Crippen molar-refractivity contribution in [1.82, 2.24) is 0 Å². The van der Waals surface area contributed by atoms with E-state index in [9.17, 15) is 35.7 Å². The first-order valence-electron chi connectivity index (χ1n) is 16.8. The molecule has 3 aliphatic rings. The van der Waals surface area contributed by atoms with E-state index >= 15 is 0 Å². The Morgan fingerprint density at radius 2 is 0.841 bits per heavy atom. The zero-order chi connectivity index (χ0) is 31.9. The summed E-state index contributed by atoms with van der Waals surface area (Å²) in [5.74, 6) is 0. The molecule has 0 aromatic heterocycles. The Kier molecular flexibility index (Phi) is 17.8. The fourth-order valence-electron chi connectivity index (χ4n) is 5.78. The molecule has 13 nitrogen and oxygen atoms in total. The van der Waals surface area contributed by atoms with Gasteiger partial charge >= 0.3 is 0 Å². The lowest BCUT2D eigenvalue weighted by Gasteiger charge is -2.43. The molecule has 0 saturated carbocycles. The van der Waals surface area contributed by atoms with Gasteiger partial charge in [0.1, 0.15) is 54.9 Å². The van der Waals surface area contributed by atoms with Crippen LogP contribution in [-0.4, -0.2) is 136 Å². The van der Waals surface area contributed by atoms with E-state index in [1.807, 2.05) is 0 Å². The summed E-state index contributed by atoms with van der Waals surface area (Å²) in [7, 11) is 0. The summed E-state index contributed by atoms with van der Waals surface area (Å²) in [6.45, 7) is 1.95. The normalized spacial score (nSPS) is 38.2. The highest BCUT2D eigenvalue weighted by atomic mass is 16.7. The largest absolute Gasteiger partial charge is 0.388 e. The van der Waals surface area contributed by atoms with E-state index in [1.165, 1.54) is 70.6 Å². The molecule has 3 saturated heterocycles. The molecule has 0 radical (unpaired) electrons. The van der Waals surface area contributed by atoms with Crippen LogP contribution in [0.2, 0.25) is 0 Å². The molecule has 0 spiro atoms. The molecule has 7 N–H and O–H groups in total. The summed E-state index contributed by atoms with van der Waals surface area (Å²) in [5.41, 5.74) is 0. The topological polar surface area (TPSA) is 197 Å². The minimum atomic E-state index is -1.61. The van der Waals surface area contributed by atoms with E-state index in [0.717, 1.165) is 19.3 Å². The molecule has 12 atom stereocenters. The van der Waals surface area contributed by atoms with Crippen molar-refractivity contribution in [1.29, 1.82) is 0 Å². The van der Waals surface area contributed by atoms with Crippen molar-refractivity contribution in [2.75, 3.05) is 26.4 Å². The van der Waals surface area contributed by atoms with Gasteiger partial charge in [-0.15, -0.1) is 0 Å². The lowest BCUT2D eigenvalue weighted by molar-refractivity contribution is -0.348. The van der Waals surface area contributed by atoms with E-state index in [1.54, 1.807) is 0 Å². The zero-order valence-corrected chi connectivity index (χ0v) is 26.2. The molecule has 0 aromatic carbocycles. The second-order valence-electron chi connectivity index (χ2n) is 12.4. The number of hydrogen-bond acceptors (Lipinski definition) is 13. The molecule has 3 rings (SSSR count). The number of unbranched alkanes of at least 4 members (excludes halogenated alkanes) is 13. The first kappa shape index (κ1) is 37.9. The smallest absolute Gasteiger partial charge is 0.186 e. The lowest BCUT2D eigenvalue weighted by Crippen LogP contribution is -2.61. The first-order valence-corrected chi connectivity index (χ1v) is 16.8. The summed E-state index contributed by atoms with van der Waals surface area (Å²) < 4.78 is 33.0. The third kappa shape index (κ3) is 11.9. The third-order valence-electron chi connectivity index (χ3n) is 8.72. The van der Waals surface area contributed by atoms with Crippen LogP contribution < -0.4 is 0 Å². The maximum absolute atomic E-state index is 10.6. The molecule has 0 bridgehead atoms. The molecule has 3 aliphatic heterocycles. The molecule has 3 fully saturated rings. The summed E-state index contributed by atoms with van der Waals surface area (Å²) in [5, 5.41) is 71.7. The van der Waals surface area contributed by atoms with Gasteiger partial charge in [-0.25, -0.2) is 0 Å². The third-order valence-corrected chi connectivity index (χ3v) is 8.72. The number of hydrogen-bond donors (Lipinski definition) is 7. The molecule has 13 heteroatoms. The summed E-state index contributed by atoms with van der Waals surface area (Å²) >= 11 is 0. The van der Waals surface area contributed by atoms with Crippen molar-refractivity contribution in [3.05, 3.63) is 0 Å². The predicted octanol–water partition coefficient (Wildman–Crippen LogP) is 0.850. The predicted molar refractivity (Wildman–Crippen MR) is 157 cm³/mol. The number of aliphatic hydroxyl groups excluding tert-OH is 7. The highest BCUT2D eigenvalue weighted by Gasteiger charge is 2.47. The maximum Gasteiger partial charge on any atom is 0.186 e. The second-order valence-corrected chi connectivity index (χ2v) is 12.4. The summed E-state index contributed by atoms with van der Waals surface area (Å²) in [4.78, 5) is 0. The van der Waals surface area contributed by atoms with Crippen LogP contribution >= 0.6 is 0 Å². The minimum absolute atomic E-state index is 0.132. The molecule has 0 aromatic rings. The highest BCUT2D eigenvalue weighted by molar-refractivity contribution is 4.90. The number of ether oxygens (including phenoxy) is 6. The Bertz CT molecular complexity index is 747. The maximum atomic E-state index is 10.6. The molecule has 0 amide bonds. The summed E-state index contributed by atoms with van der Waals surface area (Å²) in [6, 6.07) is 0. The van der Waals surface area contributed by atoms with Crippen LogP contribution in [0.5, 0.6) is 0 Å². The molecular formula is C31H58O13. The second kappa shape index (κ2) is 20.7. The highest BCUT2D eigenvalue weighted by Crippen LogP contribution is 2.27. The van der Waals surface area contributed by atoms with Gasteiger partial charge in [0.2, 0.25) is 0 Å². The van der Waals surface area contributed by atoms with Crippen LogP contribution in [0.15, 0.2) is 0 Å². The van der Waals surface area contributed by atoms with Gasteiger partial charge in [-0.05, 0) is 6.42 Å². The van der Waals surface area contributed by atoms with E-state index in [4.69, 9.17) is 28.4 Å². The van der Waals surface area contributed by atoms with Crippen LogP contribution in [-0.2, 0) is 28.4 Å². The van der Waals surface area contributed by atoms with Crippen molar-refractivity contribution in [2.45, 2.75) is 171 Å². The molecular weight excluding hydrogens is 580 g/mol. The average molecular weight is 639 g/mol. The molecule has 0 aliphatic carbocycles. The van der Waals surface area contributed by atoms with Crippen molar-refractivity contribution in [2.24, 2.45) is 0 Å². The standard InChI is InChI=1S/C31H58O13/c1-2-3-4-5-6-7-8-9-10-11-12-13-14-15-16-39-29-27(37)24(34)21(18-41-29)44-31-28(38)25(35)22(19-42-31)43-30-26(36)23(33)20(32)17-40-30/h20-38H,2-19H2,1H3/t20-,21-,22-,23?,24?,25?,26+,27+,28+,29?,30?,31?/m0/s1. The van der Waals surface area contributed by atoms with Crippen LogP contribution in [0.4, 0.5) is 0 Å². The first-order chi connectivity index (χ1) is 21.2. The Balaban J connectivity index is 1.24. The average Bonchev–Trinajstić information content (AvgIpc) is 3.02. The lowest BCUT2D eigenvalue weighted by atomic mass is 10.0. The van der Waals surface area contributed by atoms with Crippen LogP contribution in [0.25, 0.3) is 0 Å². The fourth-order valence-corrected chi connectivity index (χ4v) is 5.78. The van der Waals surface area contributed by atoms with E-state index in [0.29, 0.717) is 6.61 Å². The van der Waals surface area contributed by atoms with E-state index in [-0.39, 0.29) is 19.8 Å². The Morgan fingerprint density at radius 3 is 1.34 bits per heavy atom. The molecule has 6 unspecified atom stereocenters. The summed E-state index contributed by atoms with van der Waals surface area (Å²) in [6.07, 6.45) is 1.35. The van der Waals surface area contributed by atoms with Crippen LogP contribution in [0.3, 0.4) is 0 Å². The SMILES string of the molecule is CCCCCCCCCCCCCCCCOC1OC[C@H](OC2OC[C@H](OC3OC[C@H](O)C(O)[C@H]3O)C(O)[C@H]2O)C(O)[C@H]1O. The van der Waals surface area contributed by atoms with Crippen molar-refractivity contribution in [3.8, 4) is 0 Å².